The summed E-state index contributed by atoms with van der Waals surface area (Å²) >= 11 is 0. The maximum atomic E-state index is 4.37. The molecule has 0 radical (unpaired) electrons. The van der Waals surface area contributed by atoms with Gasteiger partial charge in [0.1, 0.15) is 5.82 Å². The van der Waals surface area contributed by atoms with E-state index < -0.39 is 0 Å². The maximum Gasteiger partial charge on any atom is 0.105 e. The standard InChI is InChI=1S/C11H20N2.HI/c1-4-5-6-7-8-13-9-10(2)12-11(13)3;/h9H,4-8H2,1-3H3;1H. The normalized spacial score (nSPS) is 9.93. The van der Waals surface area contributed by atoms with Gasteiger partial charge >= 0.3 is 0 Å². The van der Waals surface area contributed by atoms with Crippen LogP contribution in [0.2, 0.25) is 0 Å². The maximum absolute atomic E-state index is 4.37. The zero-order valence-electron chi connectivity index (χ0n) is 9.42. The molecule has 0 bridgehead atoms. The quantitative estimate of drug-likeness (QED) is 0.599. The predicted octanol–water partition coefficient (Wildman–Crippen LogP) is 3.70. The molecule has 2 nitrogen and oxygen atoms in total. The number of aryl methyl sites for hydroxylation is 3. The van der Waals surface area contributed by atoms with Gasteiger partial charge in [-0.25, -0.2) is 4.98 Å². The van der Waals surface area contributed by atoms with Gasteiger partial charge in [-0.2, -0.15) is 0 Å². The zero-order valence-corrected chi connectivity index (χ0v) is 11.7. The summed E-state index contributed by atoms with van der Waals surface area (Å²) in [4.78, 5) is 4.37. The molecule has 1 rings (SSSR count). The van der Waals surface area contributed by atoms with Crippen molar-refractivity contribution in [2.24, 2.45) is 0 Å². The van der Waals surface area contributed by atoms with Gasteiger partial charge in [-0.15, -0.1) is 24.0 Å². The van der Waals surface area contributed by atoms with Gasteiger partial charge in [0.05, 0.1) is 5.69 Å². The Kier molecular flexibility index (Phi) is 7.23. The van der Waals surface area contributed by atoms with Crippen molar-refractivity contribution in [3.8, 4) is 0 Å². The van der Waals surface area contributed by atoms with Crippen LogP contribution in [-0.4, -0.2) is 9.55 Å². The molecule has 0 aliphatic rings. The Balaban J connectivity index is 0.00000169. The number of imidazole rings is 1. The van der Waals surface area contributed by atoms with E-state index in [0.29, 0.717) is 0 Å². The van der Waals surface area contributed by atoms with E-state index in [4.69, 9.17) is 0 Å². The van der Waals surface area contributed by atoms with Crippen LogP contribution in [0, 0.1) is 13.8 Å². The Morgan fingerprint density at radius 3 is 2.43 bits per heavy atom. The third-order valence-corrected chi connectivity index (χ3v) is 2.35. The molecule has 14 heavy (non-hydrogen) atoms. The summed E-state index contributed by atoms with van der Waals surface area (Å²) < 4.78 is 2.25. The molecule has 0 saturated heterocycles. The van der Waals surface area contributed by atoms with E-state index in [1.807, 2.05) is 0 Å². The monoisotopic (exact) mass is 308 g/mol. The molecule has 0 N–H and O–H groups in total. The largest absolute Gasteiger partial charge is 0.335 e. The second kappa shape index (κ2) is 7.26. The highest BCUT2D eigenvalue weighted by atomic mass is 127. The van der Waals surface area contributed by atoms with Crippen molar-refractivity contribution in [1.29, 1.82) is 0 Å². The van der Waals surface area contributed by atoms with Gasteiger partial charge in [0.15, 0.2) is 0 Å². The topological polar surface area (TPSA) is 17.8 Å². The molecule has 1 heterocycles. The van der Waals surface area contributed by atoms with Crippen molar-refractivity contribution < 1.29 is 0 Å². The molecule has 1 aromatic rings. The first-order chi connectivity index (χ1) is 6.24. The molecule has 0 unspecified atom stereocenters. The number of rotatable bonds is 5. The summed E-state index contributed by atoms with van der Waals surface area (Å²) in [6.07, 6.45) is 7.42. The molecular formula is C11H21IN2. The molecule has 0 saturated carbocycles. The van der Waals surface area contributed by atoms with Gasteiger partial charge in [-0.1, -0.05) is 26.2 Å². The molecule has 0 spiro atoms. The summed E-state index contributed by atoms with van der Waals surface area (Å²) in [5.41, 5.74) is 1.13. The van der Waals surface area contributed by atoms with Gasteiger partial charge in [0, 0.05) is 12.7 Å². The highest BCUT2D eigenvalue weighted by Crippen LogP contribution is 2.05. The first kappa shape index (κ1) is 13.9. The Bertz CT molecular complexity index is 256. The van der Waals surface area contributed by atoms with Crippen LogP contribution in [-0.2, 0) is 6.54 Å². The summed E-state index contributed by atoms with van der Waals surface area (Å²) in [6, 6.07) is 0. The van der Waals surface area contributed by atoms with Crippen LogP contribution >= 0.6 is 24.0 Å². The van der Waals surface area contributed by atoms with Crippen molar-refractivity contribution in [3.05, 3.63) is 17.7 Å². The molecule has 0 fully saturated rings. The molecule has 3 heteroatoms. The lowest BCUT2D eigenvalue weighted by Crippen LogP contribution is -1.98. The molecule has 82 valence electrons. The summed E-state index contributed by atoms with van der Waals surface area (Å²) in [5, 5.41) is 0. The highest BCUT2D eigenvalue weighted by molar-refractivity contribution is 14.0. The predicted molar refractivity (Wildman–Crippen MR) is 71.3 cm³/mol. The smallest absolute Gasteiger partial charge is 0.105 e. The van der Waals surface area contributed by atoms with Crippen LogP contribution in [0.3, 0.4) is 0 Å². The van der Waals surface area contributed by atoms with E-state index in [2.05, 4.69) is 36.5 Å². The first-order valence-electron chi connectivity index (χ1n) is 5.24. The number of hydrogen-bond donors (Lipinski definition) is 0. The fourth-order valence-electron chi connectivity index (χ4n) is 1.60. The minimum Gasteiger partial charge on any atom is -0.335 e. The zero-order chi connectivity index (χ0) is 9.68. The molecule has 0 atom stereocenters. The number of unbranched alkanes of at least 4 members (excludes halogenated alkanes) is 3. The minimum absolute atomic E-state index is 0. The fourth-order valence-corrected chi connectivity index (χ4v) is 1.60. The van der Waals surface area contributed by atoms with Gasteiger partial charge in [-0.05, 0) is 20.3 Å². The number of hydrogen-bond acceptors (Lipinski definition) is 1. The Labute approximate surface area is 104 Å². The fraction of sp³-hybridized carbons (Fsp3) is 0.727. The Hall–Kier alpha value is -0.0600. The Morgan fingerprint density at radius 1 is 1.21 bits per heavy atom. The lowest BCUT2D eigenvalue weighted by Gasteiger charge is -2.03. The second-order valence-corrected chi connectivity index (χ2v) is 3.68. The van der Waals surface area contributed by atoms with Gasteiger partial charge in [0.2, 0.25) is 0 Å². The molecule has 0 amide bonds. The second-order valence-electron chi connectivity index (χ2n) is 3.68. The number of nitrogens with zero attached hydrogens (tertiary/aromatic N) is 2. The summed E-state index contributed by atoms with van der Waals surface area (Å²) in [7, 11) is 0. The van der Waals surface area contributed by atoms with E-state index in [1.165, 1.54) is 25.7 Å². The summed E-state index contributed by atoms with van der Waals surface area (Å²) in [6.45, 7) is 7.50. The van der Waals surface area contributed by atoms with Crippen molar-refractivity contribution in [2.75, 3.05) is 0 Å². The van der Waals surface area contributed by atoms with E-state index >= 15 is 0 Å². The average Bonchev–Trinajstić information content (AvgIpc) is 2.39. The summed E-state index contributed by atoms with van der Waals surface area (Å²) in [5.74, 6) is 1.15. The first-order valence-corrected chi connectivity index (χ1v) is 5.24. The third-order valence-electron chi connectivity index (χ3n) is 2.35. The molecular weight excluding hydrogens is 287 g/mol. The van der Waals surface area contributed by atoms with Crippen LogP contribution in [0.25, 0.3) is 0 Å². The van der Waals surface area contributed by atoms with Crippen LogP contribution in [0.15, 0.2) is 6.20 Å². The van der Waals surface area contributed by atoms with E-state index in [1.54, 1.807) is 0 Å². The van der Waals surface area contributed by atoms with Crippen molar-refractivity contribution in [2.45, 2.75) is 53.0 Å². The van der Waals surface area contributed by atoms with Crippen molar-refractivity contribution in [1.82, 2.24) is 9.55 Å². The van der Waals surface area contributed by atoms with Crippen LogP contribution in [0.4, 0.5) is 0 Å². The van der Waals surface area contributed by atoms with Gasteiger partial charge < -0.3 is 4.57 Å². The van der Waals surface area contributed by atoms with Crippen LogP contribution in [0.1, 0.15) is 44.1 Å². The lowest BCUT2D eigenvalue weighted by atomic mass is 10.2. The van der Waals surface area contributed by atoms with Gasteiger partial charge in [-0.3, -0.25) is 0 Å². The molecule has 1 aromatic heterocycles. The lowest BCUT2D eigenvalue weighted by molar-refractivity contribution is 0.573. The Morgan fingerprint density at radius 2 is 1.93 bits per heavy atom. The van der Waals surface area contributed by atoms with Crippen LogP contribution in [0.5, 0.6) is 0 Å². The molecule has 0 aliphatic carbocycles. The third kappa shape index (κ3) is 4.44. The number of halogens is 1. The minimum atomic E-state index is 0. The van der Waals surface area contributed by atoms with Crippen molar-refractivity contribution in [3.63, 3.8) is 0 Å². The average molecular weight is 308 g/mol. The SMILES string of the molecule is CCCCCCn1cc(C)nc1C.I. The van der Waals surface area contributed by atoms with E-state index in [-0.39, 0.29) is 24.0 Å². The van der Waals surface area contributed by atoms with Gasteiger partial charge in [0.25, 0.3) is 0 Å². The molecule has 0 aliphatic heterocycles. The van der Waals surface area contributed by atoms with Crippen molar-refractivity contribution >= 4 is 24.0 Å². The highest BCUT2D eigenvalue weighted by Gasteiger charge is 1.98. The number of aromatic nitrogens is 2. The molecule has 0 aromatic carbocycles. The van der Waals surface area contributed by atoms with E-state index in [9.17, 15) is 0 Å². The van der Waals surface area contributed by atoms with E-state index in [0.717, 1.165) is 18.1 Å². The van der Waals surface area contributed by atoms with Crippen LogP contribution < -0.4 is 0 Å².